The van der Waals surface area contributed by atoms with Crippen molar-refractivity contribution in [2.24, 2.45) is 10.9 Å². The van der Waals surface area contributed by atoms with Crippen molar-refractivity contribution in [1.82, 2.24) is 10.6 Å². The van der Waals surface area contributed by atoms with Crippen LogP contribution in [0.5, 0.6) is 5.75 Å². The Bertz CT molecular complexity index is 781. The van der Waals surface area contributed by atoms with E-state index in [9.17, 15) is 4.79 Å². The van der Waals surface area contributed by atoms with Crippen LogP contribution in [0.1, 0.15) is 34.6 Å². The molecule has 0 spiro atoms. The fraction of sp³-hybridized carbons (Fsp3) is 0.429. The summed E-state index contributed by atoms with van der Waals surface area (Å²) < 4.78 is 10.1. The number of benzene rings is 1. The van der Waals surface area contributed by atoms with Gasteiger partial charge in [0.1, 0.15) is 11.3 Å². The zero-order valence-corrected chi connectivity index (χ0v) is 20.5. The molecule has 2 N–H and O–H groups in total. The summed E-state index contributed by atoms with van der Waals surface area (Å²) in [5.74, 6) is 1.33. The van der Waals surface area contributed by atoms with Crippen LogP contribution < -0.4 is 15.4 Å². The van der Waals surface area contributed by atoms with Gasteiger partial charge in [-0.3, -0.25) is 0 Å². The highest BCUT2D eigenvalue weighted by molar-refractivity contribution is 14.0. The van der Waals surface area contributed by atoms with Gasteiger partial charge in [-0.1, -0.05) is 19.1 Å². The van der Waals surface area contributed by atoms with Crippen LogP contribution in [0.4, 0.5) is 0 Å². The highest BCUT2D eigenvalue weighted by Crippen LogP contribution is 2.21. The molecule has 6 nitrogen and oxygen atoms in total. The lowest BCUT2D eigenvalue weighted by molar-refractivity contribution is 0.0597. The number of ether oxygens (including phenoxy) is 2. The summed E-state index contributed by atoms with van der Waals surface area (Å²) in [6, 6.07) is 9.68. The van der Waals surface area contributed by atoms with Crippen molar-refractivity contribution in [3.63, 3.8) is 0 Å². The molecule has 0 aliphatic heterocycles. The van der Waals surface area contributed by atoms with Crippen LogP contribution >= 0.6 is 35.3 Å². The van der Waals surface area contributed by atoms with Gasteiger partial charge in [-0.15, -0.1) is 35.3 Å². The van der Waals surface area contributed by atoms with E-state index in [0.29, 0.717) is 23.8 Å². The number of esters is 1. The van der Waals surface area contributed by atoms with Gasteiger partial charge in [0, 0.05) is 18.0 Å². The summed E-state index contributed by atoms with van der Waals surface area (Å²) in [5.41, 5.74) is 1.31. The Morgan fingerprint density at radius 3 is 2.66 bits per heavy atom. The maximum Gasteiger partial charge on any atom is 0.341 e. The molecule has 2 aromatic rings. The molecule has 1 unspecified atom stereocenters. The van der Waals surface area contributed by atoms with E-state index in [-0.39, 0.29) is 24.0 Å². The molecule has 0 bridgehead atoms. The summed E-state index contributed by atoms with van der Waals surface area (Å²) in [4.78, 5) is 18.0. The Hall–Kier alpha value is -1.81. The monoisotopic (exact) mass is 531 g/mol. The number of carbonyl (C=O) groups excluding carboxylic acids is 1. The number of hydrogen-bond acceptors (Lipinski definition) is 5. The Morgan fingerprint density at radius 1 is 1.24 bits per heavy atom. The van der Waals surface area contributed by atoms with Crippen LogP contribution in [0.25, 0.3) is 0 Å². The maximum atomic E-state index is 11.9. The summed E-state index contributed by atoms with van der Waals surface area (Å²) in [7, 11) is 2.89. The molecule has 1 atom stereocenters. The van der Waals surface area contributed by atoms with Crippen molar-refractivity contribution in [2.45, 2.75) is 26.8 Å². The predicted molar refractivity (Wildman–Crippen MR) is 130 cm³/mol. The van der Waals surface area contributed by atoms with Gasteiger partial charge in [0.05, 0.1) is 20.8 Å². The van der Waals surface area contributed by atoms with Crippen molar-refractivity contribution in [3.8, 4) is 5.75 Å². The fourth-order valence-electron chi connectivity index (χ4n) is 2.75. The number of nitrogens with zero attached hydrogens (tertiary/aromatic N) is 1. The molecule has 1 heterocycles. The molecule has 8 heteroatoms. The van der Waals surface area contributed by atoms with Crippen molar-refractivity contribution < 1.29 is 14.3 Å². The first kappa shape index (κ1) is 25.2. The van der Waals surface area contributed by atoms with Gasteiger partial charge in [0.25, 0.3) is 0 Å². The molecule has 0 saturated heterocycles. The van der Waals surface area contributed by atoms with E-state index in [1.165, 1.54) is 19.1 Å². The van der Waals surface area contributed by atoms with E-state index < -0.39 is 5.97 Å². The number of methoxy groups -OCH3 is 2. The molecule has 29 heavy (non-hydrogen) atoms. The Labute approximate surface area is 194 Å². The lowest BCUT2D eigenvalue weighted by Gasteiger charge is -2.15. The minimum Gasteiger partial charge on any atom is -0.496 e. The van der Waals surface area contributed by atoms with Crippen molar-refractivity contribution in [3.05, 3.63) is 51.7 Å². The molecule has 160 valence electrons. The number of carbonyl (C=O) groups is 1. The van der Waals surface area contributed by atoms with Crippen molar-refractivity contribution in [2.75, 3.05) is 27.3 Å². The third-order valence-electron chi connectivity index (χ3n) is 4.18. The maximum absolute atomic E-state index is 11.9. The van der Waals surface area contributed by atoms with Crippen LogP contribution in [0, 0.1) is 5.92 Å². The molecule has 0 aliphatic rings. The highest BCUT2D eigenvalue weighted by atomic mass is 127. The van der Waals surface area contributed by atoms with Gasteiger partial charge < -0.3 is 20.1 Å². The second kappa shape index (κ2) is 13.4. The standard InChI is InChI=1S/C21H29N3O3S.HI/c1-5-22-21(23-13-15(2)11-17-7-6-10-28-17)24-14-16-8-9-19(26-3)18(12-16)20(25)27-4;/h6-10,12,15H,5,11,13-14H2,1-4H3,(H2,22,23,24);1H. The minimum atomic E-state index is -0.421. The van der Waals surface area contributed by atoms with Crippen LogP contribution in [0.15, 0.2) is 40.7 Å². The minimum absolute atomic E-state index is 0. The topological polar surface area (TPSA) is 72.0 Å². The third-order valence-corrected chi connectivity index (χ3v) is 5.08. The van der Waals surface area contributed by atoms with Crippen molar-refractivity contribution in [1.29, 1.82) is 0 Å². The first-order valence-corrected chi connectivity index (χ1v) is 10.2. The number of guanidine groups is 1. The molecule has 0 aliphatic carbocycles. The van der Waals surface area contributed by atoms with Crippen molar-refractivity contribution >= 4 is 47.2 Å². The molecule has 0 saturated carbocycles. The fourth-order valence-corrected chi connectivity index (χ4v) is 3.62. The van der Waals surface area contributed by atoms with Crippen LogP contribution in [0.3, 0.4) is 0 Å². The van der Waals surface area contributed by atoms with Gasteiger partial charge in [0.15, 0.2) is 5.96 Å². The number of aliphatic imine (C=N–C) groups is 1. The molecule has 0 fully saturated rings. The summed E-state index contributed by atoms with van der Waals surface area (Å²) in [5, 5.41) is 8.77. The summed E-state index contributed by atoms with van der Waals surface area (Å²) in [6.45, 7) is 6.32. The highest BCUT2D eigenvalue weighted by Gasteiger charge is 2.13. The van der Waals surface area contributed by atoms with Gasteiger partial charge >= 0.3 is 5.97 Å². The number of rotatable bonds is 9. The van der Waals surface area contributed by atoms with Crippen LogP contribution in [-0.2, 0) is 17.7 Å². The quantitative estimate of drug-likeness (QED) is 0.221. The largest absolute Gasteiger partial charge is 0.496 e. The average Bonchev–Trinajstić information content (AvgIpc) is 3.22. The van der Waals surface area contributed by atoms with Gasteiger partial charge in [-0.2, -0.15) is 0 Å². The number of thiophene rings is 1. The number of nitrogens with one attached hydrogen (secondary N) is 2. The molecule has 1 aromatic carbocycles. The number of hydrogen-bond donors (Lipinski definition) is 2. The molecular formula is C21H30IN3O3S. The van der Waals surface area contributed by atoms with E-state index in [2.05, 4.69) is 40.1 Å². The Morgan fingerprint density at radius 2 is 2.03 bits per heavy atom. The lowest BCUT2D eigenvalue weighted by Crippen LogP contribution is -2.39. The van der Waals surface area contributed by atoms with Crippen LogP contribution in [0.2, 0.25) is 0 Å². The van der Waals surface area contributed by atoms with Gasteiger partial charge in [-0.05, 0) is 48.4 Å². The zero-order valence-electron chi connectivity index (χ0n) is 17.4. The first-order chi connectivity index (χ1) is 13.6. The zero-order chi connectivity index (χ0) is 20.4. The van der Waals surface area contributed by atoms with E-state index >= 15 is 0 Å². The number of halogens is 1. The SMILES string of the molecule is CCNC(=NCc1ccc(OC)c(C(=O)OC)c1)NCC(C)Cc1cccs1.I. The molecule has 0 radical (unpaired) electrons. The second-order valence-corrected chi connectivity index (χ2v) is 7.52. The smallest absolute Gasteiger partial charge is 0.341 e. The second-order valence-electron chi connectivity index (χ2n) is 6.49. The Balaban J connectivity index is 0.00000420. The van der Waals surface area contributed by atoms with E-state index in [4.69, 9.17) is 9.47 Å². The predicted octanol–water partition coefficient (Wildman–Crippen LogP) is 4.10. The average molecular weight is 531 g/mol. The van der Waals surface area contributed by atoms with Gasteiger partial charge in [0.2, 0.25) is 0 Å². The molecule has 2 rings (SSSR count). The molecule has 0 amide bonds. The van der Waals surface area contributed by atoms with Gasteiger partial charge in [-0.25, -0.2) is 9.79 Å². The lowest BCUT2D eigenvalue weighted by atomic mass is 10.1. The summed E-state index contributed by atoms with van der Waals surface area (Å²) >= 11 is 1.79. The van der Waals surface area contributed by atoms with E-state index in [1.807, 2.05) is 13.0 Å². The summed E-state index contributed by atoms with van der Waals surface area (Å²) in [6.07, 6.45) is 1.05. The van der Waals surface area contributed by atoms with E-state index in [0.717, 1.165) is 31.0 Å². The normalized spacial score (nSPS) is 11.9. The van der Waals surface area contributed by atoms with E-state index in [1.54, 1.807) is 23.5 Å². The first-order valence-electron chi connectivity index (χ1n) is 9.37. The molecule has 1 aromatic heterocycles. The molecular weight excluding hydrogens is 501 g/mol. The van der Waals surface area contributed by atoms with Crippen LogP contribution in [-0.4, -0.2) is 39.2 Å². The third kappa shape index (κ3) is 8.22. The Kier molecular flexibility index (Phi) is 11.7.